The monoisotopic (exact) mass is 285 g/mol. The SMILES string of the molecule is COCC(O)CCNC(=O)CC1CC(C)CC(C)(C)C1. The van der Waals surface area contributed by atoms with Gasteiger partial charge in [0, 0.05) is 20.1 Å². The van der Waals surface area contributed by atoms with Crippen molar-refractivity contribution >= 4 is 5.91 Å². The fourth-order valence-corrected chi connectivity index (χ4v) is 3.69. The van der Waals surface area contributed by atoms with Crippen LogP contribution in [0.5, 0.6) is 0 Å². The lowest BCUT2D eigenvalue weighted by Crippen LogP contribution is -2.33. The Morgan fingerprint density at radius 3 is 2.75 bits per heavy atom. The molecule has 3 unspecified atom stereocenters. The van der Waals surface area contributed by atoms with Crippen molar-refractivity contribution in [1.82, 2.24) is 5.32 Å². The van der Waals surface area contributed by atoms with Crippen LogP contribution in [0.3, 0.4) is 0 Å². The number of amides is 1. The van der Waals surface area contributed by atoms with Crippen molar-refractivity contribution in [3.05, 3.63) is 0 Å². The van der Waals surface area contributed by atoms with Crippen LogP contribution in [0.2, 0.25) is 0 Å². The molecule has 1 aliphatic rings. The average molecular weight is 285 g/mol. The Labute approximate surface area is 123 Å². The Hall–Kier alpha value is -0.610. The first kappa shape index (κ1) is 17.4. The molecular weight excluding hydrogens is 254 g/mol. The van der Waals surface area contributed by atoms with Crippen molar-refractivity contribution in [3.63, 3.8) is 0 Å². The highest BCUT2D eigenvalue weighted by Gasteiger charge is 2.32. The molecule has 20 heavy (non-hydrogen) atoms. The molecule has 0 saturated heterocycles. The van der Waals surface area contributed by atoms with Crippen molar-refractivity contribution in [3.8, 4) is 0 Å². The minimum atomic E-state index is -0.492. The quantitative estimate of drug-likeness (QED) is 0.755. The van der Waals surface area contributed by atoms with Crippen LogP contribution in [0.25, 0.3) is 0 Å². The van der Waals surface area contributed by atoms with E-state index in [1.807, 2.05) is 0 Å². The number of carbonyl (C=O) groups is 1. The number of ether oxygens (including phenoxy) is 1. The second-order valence-corrected chi connectivity index (χ2v) is 7.23. The maximum absolute atomic E-state index is 11.9. The number of aliphatic hydroxyl groups is 1. The fourth-order valence-electron chi connectivity index (χ4n) is 3.69. The molecule has 0 radical (unpaired) electrons. The summed E-state index contributed by atoms with van der Waals surface area (Å²) in [6.45, 7) is 7.73. The standard InChI is InChI=1S/C16H31NO3/c1-12-7-13(10-16(2,3)9-12)8-15(19)17-6-5-14(18)11-20-4/h12-14,18H,5-11H2,1-4H3,(H,17,19). The van der Waals surface area contributed by atoms with E-state index >= 15 is 0 Å². The van der Waals surface area contributed by atoms with Crippen LogP contribution in [0, 0.1) is 17.3 Å². The summed E-state index contributed by atoms with van der Waals surface area (Å²) in [5, 5.41) is 12.4. The fraction of sp³-hybridized carbons (Fsp3) is 0.938. The van der Waals surface area contributed by atoms with Crippen molar-refractivity contribution in [2.24, 2.45) is 17.3 Å². The van der Waals surface area contributed by atoms with E-state index in [4.69, 9.17) is 4.74 Å². The van der Waals surface area contributed by atoms with Gasteiger partial charge in [0.05, 0.1) is 12.7 Å². The lowest BCUT2D eigenvalue weighted by Gasteiger charge is -2.38. The summed E-state index contributed by atoms with van der Waals surface area (Å²) in [6, 6.07) is 0. The molecule has 0 heterocycles. The summed E-state index contributed by atoms with van der Waals surface area (Å²) in [6.07, 6.45) is 4.23. The molecule has 0 spiro atoms. The van der Waals surface area contributed by atoms with Crippen molar-refractivity contribution in [1.29, 1.82) is 0 Å². The molecule has 4 nitrogen and oxygen atoms in total. The van der Waals surface area contributed by atoms with Gasteiger partial charge in [0.2, 0.25) is 5.91 Å². The van der Waals surface area contributed by atoms with Crippen molar-refractivity contribution in [2.45, 2.75) is 59.0 Å². The van der Waals surface area contributed by atoms with Crippen LogP contribution in [0.1, 0.15) is 52.9 Å². The molecule has 1 amide bonds. The molecule has 118 valence electrons. The van der Waals surface area contributed by atoms with Crippen LogP contribution < -0.4 is 5.32 Å². The molecule has 0 aromatic rings. The molecular formula is C16H31NO3. The first-order chi connectivity index (χ1) is 9.32. The third-order valence-corrected chi connectivity index (χ3v) is 4.11. The molecule has 2 N–H and O–H groups in total. The van der Waals surface area contributed by atoms with Gasteiger partial charge in [0.1, 0.15) is 0 Å². The van der Waals surface area contributed by atoms with Crippen molar-refractivity contribution in [2.75, 3.05) is 20.3 Å². The van der Waals surface area contributed by atoms with Crippen LogP contribution in [0.15, 0.2) is 0 Å². The zero-order chi connectivity index (χ0) is 15.2. The Bertz CT molecular complexity index is 304. The second-order valence-electron chi connectivity index (χ2n) is 7.23. The Kier molecular flexibility index (Phi) is 6.96. The number of nitrogens with one attached hydrogen (secondary N) is 1. The average Bonchev–Trinajstić information content (AvgIpc) is 2.25. The molecule has 3 atom stereocenters. The highest BCUT2D eigenvalue weighted by molar-refractivity contribution is 5.76. The van der Waals surface area contributed by atoms with Gasteiger partial charge in [-0.25, -0.2) is 0 Å². The summed E-state index contributed by atoms with van der Waals surface area (Å²) < 4.78 is 4.85. The first-order valence-electron chi connectivity index (χ1n) is 7.76. The highest BCUT2D eigenvalue weighted by atomic mass is 16.5. The van der Waals surface area contributed by atoms with Crippen LogP contribution in [-0.4, -0.2) is 37.4 Å². The minimum absolute atomic E-state index is 0.115. The molecule has 1 rings (SSSR count). The number of hydrogen-bond donors (Lipinski definition) is 2. The Balaban J connectivity index is 2.25. The molecule has 1 saturated carbocycles. The summed E-state index contributed by atoms with van der Waals surface area (Å²) in [5.41, 5.74) is 0.358. The van der Waals surface area contributed by atoms with Gasteiger partial charge < -0.3 is 15.2 Å². The smallest absolute Gasteiger partial charge is 0.220 e. The van der Waals surface area contributed by atoms with E-state index < -0.39 is 6.10 Å². The number of carbonyl (C=O) groups excluding carboxylic acids is 1. The first-order valence-corrected chi connectivity index (χ1v) is 7.76. The Morgan fingerprint density at radius 2 is 2.15 bits per heavy atom. The van der Waals surface area contributed by atoms with Gasteiger partial charge in [-0.2, -0.15) is 0 Å². The minimum Gasteiger partial charge on any atom is -0.391 e. The van der Waals surface area contributed by atoms with Gasteiger partial charge >= 0.3 is 0 Å². The van der Waals surface area contributed by atoms with Crippen LogP contribution >= 0.6 is 0 Å². The summed E-state index contributed by atoms with van der Waals surface area (Å²) in [7, 11) is 1.56. The number of aliphatic hydroxyl groups excluding tert-OH is 1. The third kappa shape index (κ3) is 6.71. The van der Waals surface area contributed by atoms with Gasteiger partial charge in [0.15, 0.2) is 0 Å². The zero-order valence-corrected chi connectivity index (χ0v) is 13.4. The van der Waals surface area contributed by atoms with E-state index in [1.165, 1.54) is 6.42 Å². The molecule has 0 bridgehead atoms. The summed E-state index contributed by atoms with van der Waals surface area (Å²) >= 11 is 0. The van der Waals surface area contributed by atoms with Gasteiger partial charge in [-0.05, 0) is 42.9 Å². The molecule has 0 aromatic carbocycles. The van der Waals surface area contributed by atoms with Crippen LogP contribution in [-0.2, 0) is 9.53 Å². The van der Waals surface area contributed by atoms with Crippen molar-refractivity contribution < 1.29 is 14.6 Å². The third-order valence-electron chi connectivity index (χ3n) is 4.11. The van der Waals surface area contributed by atoms with E-state index in [2.05, 4.69) is 26.1 Å². The largest absolute Gasteiger partial charge is 0.391 e. The molecule has 0 aliphatic heterocycles. The van der Waals surface area contributed by atoms with E-state index in [0.29, 0.717) is 43.2 Å². The van der Waals surface area contributed by atoms with Gasteiger partial charge in [0.25, 0.3) is 0 Å². The summed E-state index contributed by atoms with van der Waals surface area (Å²) in [4.78, 5) is 11.9. The maximum Gasteiger partial charge on any atom is 0.220 e. The molecule has 1 aliphatic carbocycles. The van der Waals surface area contributed by atoms with E-state index in [0.717, 1.165) is 12.8 Å². The van der Waals surface area contributed by atoms with E-state index in [-0.39, 0.29) is 5.91 Å². The predicted octanol–water partition coefficient (Wildman–Crippen LogP) is 2.35. The number of rotatable bonds is 7. The lowest BCUT2D eigenvalue weighted by molar-refractivity contribution is -0.122. The zero-order valence-electron chi connectivity index (χ0n) is 13.4. The maximum atomic E-state index is 11.9. The lowest BCUT2D eigenvalue weighted by atomic mass is 9.67. The second kappa shape index (κ2) is 7.99. The predicted molar refractivity (Wildman–Crippen MR) is 80.4 cm³/mol. The number of methoxy groups -OCH3 is 1. The molecule has 0 aromatic heterocycles. The van der Waals surface area contributed by atoms with Gasteiger partial charge in [-0.1, -0.05) is 20.8 Å². The molecule has 4 heteroatoms. The van der Waals surface area contributed by atoms with Gasteiger partial charge in [-0.3, -0.25) is 4.79 Å². The van der Waals surface area contributed by atoms with E-state index in [1.54, 1.807) is 7.11 Å². The number of hydrogen-bond acceptors (Lipinski definition) is 3. The molecule has 1 fully saturated rings. The van der Waals surface area contributed by atoms with E-state index in [9.17, 15) is 9.90 Å². The normalized spacial score (nSPS) is 27.1. The van der Waals surface area contributed by atoms with Gasteiger partial charge in [-0.15, -0.1) is 0 Å². The highest BCUT2D eigenvalue weighted by Crippen LogP contribution is 2.42. The summed E-state index contributed by atoms with van der Waals surface area (Å²) in [5.74, 6) is 1.32. The Morgan fingerprint density at radius 1 is 1.45 bits per heavy atom. The topological polar surface area (TPSA) is 58.6 Å². The van der Waals surface area contributed by atoms with Crippen LogP contribution in [0.4, 0.5) is 0 Å².